The first-order valence-electron chi connectivity index (χ1n) is 4.24. The molecule has 0 bridgehead atoms. The quantitative estimate of drug-likeness (QED) is 0.773. The van der Waals surface area contributed by atoms with E-state index in [1.165, 1.54) is 6.07 Å². The van der Waals surface area contributed by atoms with Crippen LogP contribution >= 0.6 is 0 Å². The first-order chi connectivity index (χ1) is 6.52. The van der Waals surface area contributed by atoms with Crippen molar-refractivity contribution in [3.05, 3.63) is 35.1 Å². The van der Waals surface area contributed by atoms with Gasteiger partial charge in [0.15, 0.2) is 0 Å². The number of hydrogen-bond donors (Lipinski definition) is 2. The van der Waals surface area contributed by atoms with Gasteiger partial charge in [0, 0.05) is 11.6 Å². The number of rotatable bonds is 3. The predicted octanol–water partition coefficient (Wildman–Crippen LogP) is 1.61. The molecule has 0 heterocycles. The molecule has 0 unspecified atom stereocenters. The zero-order chi connectivity index (χ0) is 10.7. The first-order valence-corrected chi connectivity index (χ1v) is 4.24. The SMILES string of the molecule is Cc1cccc(F)c1[C@H](N)CC(=O)O. The van der Waals surface area contributed by atoms with Gasteiger partial charge in [-0.25, -0.2) is 4.39 Å². The molecule has 76 valence electrons. The number of nitrogens with two attached hydrogens (primary N) is 1. The number of hydrogen-bond acceptors (Lipinski definition) is 2. The molecular formula is C10H12FNO2. The van der Waals surface area contributed by atoms with Crippen LogP contribution in [-0.4, -0.2) is 11.1 Å². The van der Waals surface area contributed by atoms with Crippen molar-refractivity contribution in [2.75, 3.05) is 0 Å². The molecule has 0 aliphatic heterocycles. The zero-order valence-electron chi connectivity index (χ0n) is 7.83. The summed E-state index contributed by atoms with van der Waals surface area (Å²) < 4.78 is 13.3. The van der Waals surface area contributed by atoms with Gasteiger partial charge in [0.1, 0.15) is 5.82 Å². The summed E-state index contributed by atoms with van der Waals surface area (Å²) in [4.78, 5) is 10.4. The smallest absolute Gasteiger partial charge is 0.305 e. The van der Waals surface area contributed by atoms with Gasteiger partial charge in [-0.1, -0.05) is 12.1 Å². The molecule has 1 aromatic carbocycles. The topological polar surface area (TPSA) is 63.3 Å². The van der Waals surface area contributed by atoms with Crippen LogP contribution in [0.4, 0.5) is 4.39 Å². The predicted molar refractivity (Wildman–Crippen MR) is 50.3 cm³/mol. The summed E-state index contributed by atoms with van der Waals surface area (Å²) in [6.45, 7) is 1.71. The van der Waals surface area contributed by atoms with Gasteiger partial charge in [-0.3, -0.25) is 4.79 Å². The van der Waals surface area contributed by atoms with Gasteiger partial charge < -0.3 is 10.8 Å². The molecule has 0 fully saturated rings. The highest BCUT2D eigenvalue weighted by molar-refractivity contribution is 5.68. The van der Waals surface area contributed by atoms with E-state index >= 15 is 0 Å². The zero-order valence-corrected chi connectivity index (χ0v) is 7.83. The maximum absolute atomic E-state index is 13.3. The summed E-state index contributed by atoms with van der Waals surface area (Å²) in [5.74, 6) is -1.47. The second-order valence-electron chi connectivity index (χ2n) is 3.17. The van der Waals surface area contributed by atoms with Crippen molar-refractivity contribution in [2.24, 2.45) is 5.73 Å². The Morgan fingerprint density at radius 2 is 2.29 bits per heavy atom. The summed E-state index contributed by atoms with van der Waals surface area (Å²) >= 11 is 0. The molecule has 3 nitrogen and oxygen atoms in total. The third kappa shape index (κ3) is 2.29. The van der Waals surface area contributed by atoms with Gasteiger partial charge in [0.05, 0.1) is 6.42 Å². The number of benzene rings is 1. The lowest BCUT2D eigenvalue weighted by atomic mass is 9.99. The molecule has 0 amide bonds. The molecule has 1 aromatic rings. The normalized spacial score (nSPS) is 12.5. The standard InChI is InChI=1S/C10H12FNO2/c1-6-3-2-4-7(11)10(6)8(12)5-9(13)14/h2-4,8H,5,12H2,1H3,(H,13,14)/t8-/m1/s1. The van der Waals surface area contributed by atoms with Gasteiger partial charge in [-0.05, 0) is 18.6 Å². The fraction of sp³-hybridized carbons (Fsp3) is 0.300. The summed E-state index contributed by atoms with van der Waals surface area (Å²) in [5, 5.41) is 8.52. The molecule has 1 rings (SSSR count). The second-order valence-corrected chi connectivity index (χ2v) is 3.17. The van der Waals surface area contributed by atoms with Crippen LogP contribution in [0.1, 0.15) is 23.6 Å². The van der Waals surface area contributed by atoms with Gasteiger partial charge in [0.2, 0.25) is 0 Å². The van der Waals surface area contributed by atoms with E-state index in [9.17, 15) is 9.18 Å². The highest BCUT2D eigenvalue weighted by atomic mass is 19.1. The summed E-state index contributed by atoms with van der Waals surface area (Å²) in [7, 11) is 0. The molecule has 0 radical (unpaired) electrons. The third-order valence-corrected chi connectivity index (χ3v) is 2.04. The fourth-order valence-corrected chi connectivity index (χ4v) is 1.40. The van der Waals surface area contributed by atoms with Crippen molar-refractivity contribution < 1.29 is 14.3 Å². The lowest BCUT2D eigenvalue weighted by Gasteiger charge is -2.13. The Morgan fingerprint density at radius 3 is 2.79 bits per heavy atom. The van der Waals surface area contributed by atoms with Crippen molar-refractivity contribution in [2.45, 2.75) is 19.4 Å². The van der Waals surface area contributed by atoms with E-state index in [0.717, 1.165) is 0 Å². The van der Waals surface area contributed by atoms with Gasteiger partial charge >= 0.3 is 5.97 Å². The summed E-state index contributed by atoms with van der Waals surface area (Å²) in [6, 6.07) is 3.78. The monoisotopic (exact) mass is 197 g/mol. The molecule has 1 atom stereocenters. The molecule has 0 aliphatic carbocycles. The fourth-order valence-electron chi connectivity index (χ4n) is 1.40. The van der Waals surface area contributed by atoms with E-state index < -0.39 is 17.8 Å². The Morgan fingerprint density at radius 1 is 1.64 bits per heavy atom. The van der Waals surface area contributed by atoms with Crippen molar-refractivity contribution in [1.82, 2.24) is 0 Å². The first kappa shape index (κ1) is 10.7. The van der Waals surface area contributed by atoms with E-state index in [4.69, 9.17) is 10.8 Å². The highest BCUT2D eigenvalue weighted by Gasteiger charge is 2.16. The second kappa shape index (κ2) is 4.19. The Kier molecular flexibility index (Phi) is 3.19. The van der Waals surface area contributed by atoms with Crippen molar-refractivity contribution in [3.63, 3.8) is 0 Å². The maximum Gasteiger partial charge on any atom is 0.305 e. The molecule has 0 spiro atoms. The maximum atomic E-state index is 13.3. The number of halogens is 1. The minimum Gasteiger partial charge on any atom is -0.481 e. The van der Waals surface area contributed by atoms with Crippen LogP contribution in [0.25, 0.3) is 0 Å². The number of carboxylic acid groups (broad SMARTS) is 1. The summed E-state index contributed by atoms with van der Waals surface area (Å²) in [6.07, 6.45) is -0.262. The Labute approximate surface area is 81.4 Å². The van der Waals surface area contributed by atoms with Gasteiger partial charge in [-0.15, -0.1) is 0 Å². The average molecular weight is 197 g/mol. The third-order valence-electron chi connectivity index (χ3n) is 2.04. The van der Waals surface area contributed by atoms with Crippen LogP contribution in [0.15, 0.2) is 18.2 Å². The molecule has 0 saturated carbocycles. The van der Waals surface area contributed by atoms with Crippen molar-refractivity contribution in [1.29, 1.82) is 0 Å². The van der Waals surface area contributed by atoms with E-state index in [1.807, 2.05) is 0 Å². The Hall–Kier alpha value is -1.42. The van der Waals surface area contributed by atoms with Crippen molar-refractivity contribution in [3.8, 4) is 0 Å². The molecule has 0 saturated heterocycles. The molecule has 0 aromatic heterocycles. The van der Waals surface area contributed by atoms with Crippen LogP contribution in [0, 0.1) is 12.7 Å². The van der Waals surface area contributed by atoms with Gasteiger partial charge in [0.25, 0.3) is 0 Å². The molecule has 3 N–H and O–H groups in total. The molecule has 14 heavy (non-hydrogen) atoms. The molecule has 0 aliphatic rings. The van der Waals surface area contributed by atoms with E-state index in [0.29, 0.717) is 5.56 Å². The summed E-state index contributed by atoms with van der Waals surface area (Å²) in [5.41, 5.74) is 6.54. The molecule has 4 heteroatoms. The van der Waals surface area contributed by atoms with Crippen LogP contribution in [0.2, 0.25) is 0 Å². The number of carboxylic acids is 1. The van der Waals surface area contributed by atoms with Gasteiger partial charge in [-0.2, -0.15) is 0 Å². The minimum atomic E-state index is -1.03. The lowest BCUT2D eigenvalue weighted by molar-refractivity contribution is -0.137. The number of carbonyl (C=O) groups is 1. The van der Waals surface area contributed by atoms with Crippen molar-refractivity contribution >= 4 is 5.97 Å². The van der Waals surface area contributed by atoms with Crippen LogP contribution in [-0.2, 0) is 4.79 Å². The molecular weight excluding hydrogens is 185 g/mol. The lowest BCUT2D eigenvalue weighted by Crippen LogP contribution is -2.17. The van der Waals surface area contributed by atoms with E-state index in [-0.39, 0.29) is 12.0 Å². The van der Waals surface area contributed by atoms with Crippen LogP contribution < -0.4 is 5.73 Å². The minimum absolute atomic E-state index is 0.262. The Bertz CT molecular complexity index is 332. The Balaban J connectivity index is 2.99. The van der Waals surface area contributed by atoms with Crippen LogP contribution in [0.5, 0.6) is 0 Å². The number of aliphatic carboxylic acids is 1. The van der Waals surface area contributed by atoms with E-state index in [1.54, 1.807) is 19.1 Å². The van der Waals surface area contributed by atoms with E-state index in [2.05, 4.69) is 0 Å². The largest absolute Gasteiger partial charge is 0.481 e. The highest BCUT2D eigenvalue weighted by Crippen LogP contribution is 2.21. The number of aryl methyl sites for hydroxylation is 1. The van der Waals surface area contributed by atoms with Crippen LogP contribution in [0.3, 0.4) is 0 Å². The average Bonchev–Trinajstić information content (AvgIpc) is 2.01.